The number of aryl methyl sites for hydroxylation is 1. The van der Waals surface area contributed by atoms with Crippen LogP contribution in [0.5, 0.6) is 5.75 Å². The number of alkyl halides is 3. The van der Waals surface area contributed by atoms with Gasteiger partial charge < -0.3 is 10.5 Å². The highest BCUT2D eigenvalue weighted by molar-refractivity contribution is 6.03. The van der Waals surface area contributed by atoms with Crippen LogP contribution < -0.4 is 10.5 Å². The second-order valence-corrected chi connectivity index (χ2v) is 5.36. The minimum atomic E-state index is -4.60. The summed E-state index contributed by atoms with van der Waals surface area (Å²) in [6.07, 6.45) is -2.05. The number of nitrogens with two attached hydrogens (primary N) is 1. The molecule has 146 valence electrons. The molecular weight excluding hydrogens is 362 g/mol. The molecule has 0 atom stereocenters. The number of aliphatic imine (C=N–C) groups is 2. The van der Waals surface area contributed by atoms with Crippen LogP contribution in [0.1, 0.15) is 24.5 Å². The number of hydrogen-bond donors (Lipinski definition) is 1. The summed E-state index contributed by atoms with van der Waals surface area (Å²) in [5.74, 6) is -0.121. The number of benzene rings is 2. The normalized spacial score (nSPS) is 11.9. The van der Waals surface area contributed by atoms with Gasteiger partial charge in [0.05, 0.1) is 5.69 Å². The molecule has 0 aliphatic heterocycles. The molecule has 2 aromatic carbocycles. The van der Waals surface area contributed by atoms with Crippen molar-refractivity contribution in [3.8, 4) is 5.75 Å². The summed E-state index contributed by atoms with van der Waals surface area (Å²) in [4.78, 5) is 8.10. The Kier molecular flexibility index (Phi) is 8.44. The number of amidine groups is 1. The van der Waals surface area contributed by atoms with Gasteiger partial charge in [0.25, 0.3) is 0 Å². The van der Waals surface area contributed by atoms with E-state index in [-0.39, 0.29) is 11.4 Å². The third kappa shape index (κ3) is 8.35. The minimum absolute atomic E-state index is 0.133. The van der Waals surface area contributed by atoms with Gasteiger partial charge >= 0.3 is 6.36 Å². The molecule has 0 unspecified atom stereocenters. The van der Waals surface area contributed by atoms with Crippen LogP contribution in [0, 0.1) is 12.7 Å². The first-order chi connectivity index (χ1) is 12.7. The Morgan fingerprint density at radius 3 is 2.26 bits per heavy atom. The molecule has 8 heteroatoms. The van der Waals surface area contributed by atoms with Crippen LogP contribution in [0.25, 0.3) is 0 Å². The zero-order valence-corrected chi connectivity index (χ0v) is 15.2. The zero-order valence-electron chi connectivity index (χ0n) is 15.2. The molecule has 0 aromatic heterocycles. The van der Waals surface area contributed by atoms with Gasteiger partial charge in [-0.05, 0) is 43.7 Å². The first-order valence-corrected chi connectivity index (χ1v) is 8.03. The summed E-state index contributed by atoms with van der Waals surface area (Å²) >= 11 is 0. The van der Waals surface area contributed by atoms with Gasteiger partial charge in [-0.15, -0.1) is 13.2 Å². The van der Waals surface area contributed by atoms with Crippen molar-refractivity contribution < 1.29 is 22.3 Å². The molecule has 0 aliphatic rings. The smallest absolute Gasteiger partial charge is 0.406 e. The van der Waals surface area contributed by atoms with Crippen molar-refractivity contribution in [3.05, 3.63) is 59.4 Å². The number of anilines is 1. The standard InChI is InChI=1S/C11H14FN3.C8H7F3O/c1-3-6-15-11(14-2)8-4-5-10(13)9(12)7-8;1-6-2-4-7(5-3-6)12-8(9,10)11/h4-7H,3,13H2,1-2H3;2-5H,1H3. The van der Waals surface area contributed by atoms with Gasteiger partial charge in [0, 0.05) is 18.8 Å². The molecule has 0 heterocycles. The number of nitrogen functional groups attached to an aromatic ring is 1. The summed E-state index contributed by atoms with van der Waals surface area (Å²) < 4.78 is 51.7. The van der Waals surface area contributed by atoms with E-state index in [1.807, 2.05) is 6.92 Å². The molecule has 0 spiro atoms. The fraction of sp³-hybridized carbons (Fsp3) is 0.263. The van der Waals surface area contributed by atoms with E-state index in [9.17, 15) is 17.6 Å². The maximum Gasteiger partial charge on any atom is 0.573 e. The lowest BCUT2D eigenvalue weighted by Gasteiger charge is -2.08. The fourth-order valence-electron chi connectivity index (χ4n) is 1.85. The lowest BCUT2D eigenvalue weighted by Crippen LogP contribution is -2.16. The number of rotatable bonds is 3. The van der Waals surface area contributed by atoms with Crippen molar-refractivity contribution in [3.63, 3.8) is 0 Å². The Morgan fingerprint density at radius 2 is 1.78 bits per heavy atom. The molecule has 2 N–H and O–H groups in total. The van der Waals surface area contributed by atoms with Crippen molar-refractivity contribution >= 4 is 17.7 Å². The molecule has 27 heavy (non-hydrogen) atoms. The summed E-state index contributed by atoms with van der Waals surface area (Å²) in [7, 11) is 1.62. The highest BCUT2D eigenvalue weighted by Crippen LogP contribution is 2.22. The van der Waals surface area contributed by atoms with E-state index in [2.05, 4.69) is 14.7 Å². The molecule has 0 amide bonds. The Bertz CT molecular complexity index is 785. The molecule has 0 bridgehead atoms. The number of nitrogens with zero attached hydrogens (tertiary/aromatic N) is 2. The van der Waals surface area contributed by atoms with Crippen LogP contribution in [-0.2, 0) is 0 Å². The number of ether oxygens (including phenoxy) is 1. The maximum absolute atomic E-state index is 13.2. The summed E-state index contributed by atoms with van der Waals surface area (Å²) in [6, 6.07) is 10.2. The highest BCUT2D eigenvalue weighted by atomic mass is 19.4. The second kappa shape index (κ2) is 10.3. The number of hydrogen-bond acceptors (Lipinski definition) is 3. The molecule has 0 saturated heterocycles. The van der Waals surface area contributed by atoms with E-state index in [1.54, 1.807) is 38.4 Å². The van der Waals surface area contributed by atoms with Crippen molar-refractivity contribution in [2.75, 3.05) is 12.8 Å². The van der Waals surface area contributed by atoms with E-state index < -0.39 is 12.2 Å². The van der Waals surface area contributed by atoms with Crippen molar-refractivity contribution in [2.45, 2.75) is 26.6 Å². The predicted molar refractivity (Wildman–Crippen MR) is 99.9 cm³/mol. The summed E-state index contributed by atoms with van der Waals surface area (Å²) in [6.45, 7) is 3.76. The van der Waals surface area contributed by atoms with Gasteiger partial charge in [0.15, 0.2) is 5.84 Å². The largest absolute Gasteiger partial charge is 0.573 e. The maximum atomic E-state index is 13.2. The molecule has 0 radical (unpaired) electrons. The fourth-order valence-corrected chi connectivity index (χ4v) is 1.85. The van der Waals surface area contributed by atoms with E-state index in [0.717, 1.165) is 12.0 Å². The Balaban J connectivity index is 0.000000277. The molecule has 4 nitrogen and oxygen atoms in total. The Labute approximate surface area is 155 Å². The van der Waals surface area contributed by atoms with Gasteiger partial charge in [-0.3, -0.25) is 4.99 Å². The van der Waals surface area contributed by atoms with Gasteiger partial charge in [-0.25, -0.2) is 9.38 Å². The molecule has 0 fully saturated rings. The highest BCUT2D eigenvalue weighted by Gasteiger charge is 2.30. The molecule has 0 saturated carbocycles. The minimum Gasteiger partial charge on any atom is -0.406 e. The summed E-state index contributed by atoms with van der Waals surface area (Å²) in [5.41, 5.74) is 7.04. The number of halogens is 4. The van der Waals surface area contributed by atoms with Crippen molar-refractivity contribution in [1.29, 1.82) is 0 Å². The van der Waals surface area contributed by atoms with Crippen LogP contribution in [-0.4, -0.2) is 25.5 Å². The van der Waals surface area contributed by atoms with Crippen LogP contribution >= 0.6 is 0 Å². The van der Waals surface area contributed by atoms with E-state index in [0.29, 0.717) is 11.4 Å². The first kappa shape index (κ1) is 22.1. The van der Waals surface area contributed by atoms with E-state index in [1.165, 1.54) is 24.3 Å². The average Bonchev–Trinajstić information content (AvgIpc) is 2.60. The summed E-state index contributed by atoms with van der Waals surface area (Å²) in [5, 5.41) is 0. The Hall–Kier alpha value is -2.90. The molecule has 0 aliphatic carbocycles. The lowest BCUT2D eigenvalue weighted by atomic mass is 10.2. The average molecular weight is 383 g/mol. The molecule has 2 aromatic rings. The van der Waals surface area contributed by atoms with Gasteiger partial charge in [-0.2, -0.15) is 0 Å². The third-order valence-electron chi connectivity index (χ3n) is 3.12. The SMILES string of the molecule is CCC=NC(=NC)c1ccc(N)c(F)c1.Cc1ccc(OC(F)(F)F)cc1. The van der Waals surface area contributed by atoms with Gasteiger partial charge in [-0.1, -0.05) is 24.6 Å². The zero-order chi connectivity index (χ0) is 20.4. The van der Waals surface area contributed by atoms with Crippen LogP contribution in [0.4, 0.5) is 23.2 Å². The quantitative estimate of drug-likeness (QED) is 0.344. The predicted octanol–water partition coefficient (Wildman–Crippen LogP) is 5.16. The van der Waals surface area contributed by atoms with E-state index in [4.69, 9.17) is 5.73 Å². The van der Waals surface area contributed by atoms with Gasteiger partial charge in [0.1, 0.15) is 11.6 Å². The van der Waals surface area contributed by atoms with Crippen LogP contribution in [0.2, 0.25) is 0 Å². The van der Waals surface area contributed by atoms with Crippen LogP contribution in [0.15, 0.2) is 52.4 Å². The Morgan fingerprint density at radius 1 is 1.15 bits per heavy atom. The van der Waals surface area contributed by atoms with E-state index >= 15 is 0 Å². The van der Waals surface area contributed by atoms with Crippen LogP contribution in [0.3, 0.4) is 0 Å². The lowest BCUT2D eigenvalue weighted by molar-refractivity contribution is -0.274. The second-order valence-electron chi connectivity index (χ2n) is 5.36. The molecule has 2 rings (SSSR count). The molecular formula is C19H21F4N3O. The van der Waals surface area contributed by atoms with Crippen molar-refractivity contribution in [1.82, 2.24) is 0 Å². The van der Waals surface area contributed by atoms with Gasteiger partial charge in [0.2, 0.25) is 0 Å². The third-order valence-corrected chi connectivity index (χ3v) is 3.12. The first-order valence-electron chi connectivity index (χ1n) is 8.03. The monoisotopic (exact) mass is 383 g/mol. The topological polar surface area (TPSA) is 60.0 Å². The van der Waals surface area contributed by atoms with Crippen molar-refractivity contribution in [2.24, 2.45) is 9.98 Å².